The molecule has 0 aliphatic rings. The fourth-order valence-electron chi connectivity index (χ4n) is 0. The van der Waals surface area contributed by atoms with E-state index in [1.54, 1.807) is 0 Å². The van der Waals surface area contributed by atoms with Gasteiger partial charge in [0.05, 0.1) is 4.75 Å². The van der Waals surface area contributed by atoms with E-state index in [4.69, 9.17) is 4.55 Å². The first-order valence-electron chi connectivity index (χ1n) is 3.41. The van der Waals surface area contributed by atoms with E-state index >= 15 is 0 Å². The van der Waals surface area contributed by atoms with Crippen LogP contribution in [0.5, 0.6) is 0 Å². The second-order valence-electron chi connectivity index (χ2n) is 3.19. The molecule has 0 unspecified atom stereocenters. The first-order valence-corrected chi connectivity index (χ1v) is 4.85. The van der Waals surface area contributed by atoms with Gasteiger partial charge in [-0.05, 0) is 26.8 Å². The maximum Gasteiger partial charge on any atom is 0.269 e. The number of amides is 1. The van der Waals surface area contributed by atoms with Gasteiger partial charge in [-0.25, -0.2) is 0 Å². The predicted octanol–water partition coefficient (Wildman–Crippen LogP) is -0.0504. The van der Waals surface area contributed by atoms with Gasteiger partial charge in [-0.2, -0.15) is 8.42 Å². The molecule has 0 bridgehead atoms. The van der Waals surface area contributed by atoms with Crippen molar-refractivity contribution < 1.29 is 17.8 Å². The molecule has 0 atom stereocenters. The van der Waals surface area contributed by atoms with Gasteiger partial charge in [-0.15, -0.1) is 0 Å². The van der Waals surface area contributed by atoms with Crippen molar-refractivity contribution in [3.63, 3.8) is 0 Å². The standard InChI is InChI=1S/C4H10O3S.C3H5NO.Na/c1-4(2,3)8(5,6)7;1-2-3(4)5;/h1-3H3,(H,5,6,7);2H,1H2,(H2,4,5);. The quantitative estimate of drug-likeness (QED) is 0.376. The molecule has 0 aliphatic carbocycles. The second kappa shape index (κ2) is 7.42. The van der Waals surface area contributed by atoms with Crippen molar-refractivity contribution >= 4 is 45.6 Å². The zero-order valence-corrected chi connectivity index (χ0v) is 11.8. The van der Waals surface area contributed by atoms with Crippen LogP contribution in [0.2, 0.25) is 0 Å². The van der Waals surface area contributed by atoms with Crippen LogP contribution >= 0.6 is 0 Å². The summed E-state index contributed by atoms with van der Waals surface area (Å²) in [6.45, 7) is 7.38. The van der Waals surface area contributed by atoms with E-state index in [0.29, 0.717) is 0 Å². The minimum Gasteiger partial charge on any atom is -0.366 e. The van der Waals surface area contributed by atoms with E-state index in [1.165, 1.54) is 20.8 Å². The van der Waals surface area contributed by atoms with Crippen molar-refractivity contribution in [2.24, 2.45) is 5.73 Å². The summed E-state index contributed by atoms with van der Waals surface area (Å²) in [5, 5.41) is 0. The van der Waals surface area contributed by atoms with Crippen LogP contribution in [-0.4, -0.2) is 53.2 Å². The van der Waals surface area contributed by atoms with Gasteiger partial charge in [0.2, 0.25) is 5.91 Å². The van der Waals surface area contributed by atoms with Crippen molar-refractivity contribution in [1.82, 2.24) is 0 Å². The summed E-state index contributed by atoms with van der Waals surface area (Å²) in [5.74, 6) is -0.481. The zero-order chi connectivity index (χ0) is 11.3. The molecule has 3 N–H and O–H groups in total. The molecule has 0 aliphatic heterocycles. The minimum absolute atomic E-state index is 0. The zero-order valence-electron chi connectivity index (χ0n) is 8.94. The Morgan fingerprint density at radius 3 is 1.57 bits per heavy atom. The number of nitrogens with two attached hydrogens (primary N) is 1. The fourth-order valence-corrected chi connectivity index (χ4v) is 0. The van der Waals surface area contributed by atoms with Crippen LogP contribution in [0.4, 0.5) is 0 Å². The SMILES string of the molecule is C=CC(N)=O.CC(C)(C)S(=O)(=O)O.[Na]. The van der Waals surface area contributed by atoms with Gasteiger partial charge in [0.1, 0.15) is 0 Å². The topological polar surface area (TPSA) is 97.5 Å². The molecule has 0 rings (SSSR count). The molecule has 0 saturated heterocycles. The summed E-state index contributed by atoms with van der Waals surface area (Å²) in [5.41, 5.74) is 4.53. The molecule has 0 aromatic rings. The van der Waals surface area contributed by atoms with Gasteiger partial charge < -0.3 is 5.73 Å². The number of carbonyl (C=O) groups excluding carboxylic acids is 1. The number of hydrogen-bond donors (Lipinski definition) is 2. The molecule has 0 aromatic carbocycles. The molecular formula is C7H15NNaO4S. The normalized spacial score (nSPS) is 10.3. The molecule has 7 heteroatoms. The molecule has 0 heterocycles. The summed E-state index contributed by atoms with van der Waals surface area (Å²) >= 11 is 0. The van der Waals surface area contributed by atoms with Crippen molar-refractivity contribution in [3.8, 4) is 0 Å². The fraction of sp³-hybridized carbons (Fsp3) is 0.571. The summed E-state index contributed by atoms with van der Waals surface area (Å²) in [7, 11) is -3.84. The smallest absolute Gasteiger partial charge is 0.269 e. The maximum atomic E-state index is 10.2. The third-order valence-corrected chi connectivity index (χ3v) is 2.52. The largest absolute Gasteiger partial charge is 0.366 e. The average Bonchev–Trinajstić information content (AvgIpc) is 1.84. The van der Waals surface area contributed by atoms with Crippen molar-refractivity contribution in [2.75, 3.05) is 0 Å². The summed E-state index contributed by atoms with van der Waals surface area (Å²) in [6, 6.07) is 0. The van der Waals surface area contributed by atoms with E-state index in [0.717, 1.165) is 6.08 Å². The van der Waals surface area contributed by atoms with Gasteiger partial charge in [0.25, 0.3) is 10.1 Å². The number of carbonyl (C=O) groups is 1. The Morgan fingerprint density at radius 1 is 1.43 bits per heavy atom. The van der Waals surface area contributed by atoms with Crippen LogP contribution < -0.4 is 5.73 Å². The Bertz CT molecular complexity index is 279. The second-order valence-corrected chi connectivity index (χ2v) is 5.37. The predicted molar refractivity (Wildman–Crippen MR) is 56.4 cm³/mol. The van der Waals surface area contributed by atoms with Crippen molar-refractivity contribution in [2.45, 2.75) is 25.5 Å². The van der Waals surface area contributed by atoms with Crippen LogP contribution in [0.1, 0.15) is 20.8 Å². The molecule has 5 nitrogen and oxygen atoms in total. The monoisotopic (exact) mass is 232 g/mol. The molecule has 1 amide bonds. The summed E-state index contributed by atoms with van der Waals surface area (Å²) in [4.78, 5) is 9.47. The van der Waals surface area contributed by atoms with Gasteiger partial charge in [-0.3, -0.25) is 9.35 Å². The molecule has 0 fully saturated rings. The van der Waals surface area contributed by atoms with E-state index in [2.05, 4.69) is 12.3 Å². The molecule has 0 saturated carbocycles. The van der Waals surface area contributed by atoms with Crippen LogP contribution in [0.25, 0.3) is 0 Å². The Hall–Kier alpha value is 0.120. The Labute approximate surface area is 107 Å². The van der Waals surface area contributed by atoms with E-state index in [9.17, 15) is 13.2 Å². The van der Waals surface area contributed by atoms with Crippen LogP contribution in [0, 0.1) is 0 Å². The Morgan fingerprint density at radius 2 is 1.57 bits per heavy atom. The van der Waals surface area contributed by atoms with E-state index in [-0.39, 0.29) is 29.6 Å². The number of hydrogen-bond acceptors (Lipinski definition) is 3. The molecule has 0 spiro atoms. The molecule has 1 radical (unpaired) electrons. The van der Waals surface area contributed by atoms with Crippen LogP contribution in [0.15, 0.2) is 12.7 Å². The molecule has 14 heavy (non-hydrogen) atoms. The first-order chi connectivity index (χ1) is 5.52. The first kappa shape index (κ1) is 19.7. The molecular weight excluding hydrogens is 217 g/mol. The third-order valence-electron chi connectivity index (χ3n) is 0.975. The van der Waals surface area contributed by atoms with Crippen molar-refractivity contribution in [1.29, 1.82) is 0 Å². The van der Waals surface area contributed by atoms with E-state index in [1.807, 2.05) is 0 Å². The van der Waals surface area contributed by atoms with Gasteiger partial charge >= 0.3 is 0 Å². The number of primary amides is 1. The Balaban J connectivity index is -0.000000177. The van der Waals surface area contributed by atoms with Crippen LogP contribution in [-0.2, 0) is 14.9 Å². The third kappa shape index (κ3) is 12.1. The van der Waals surface area contributed by atoms with Crippen LogP contribution in [0.3, 0.4) is 0 Å². The van der Waals surface area contributed by atoms with Gasteiger partial charge in [0.15, 0.2) is 0 Å². The number of rotatable bonds is 1. The summed E-state index contributed by atoms with van der Waals surface area (Å²) < 4.78 is 27.7. The minimum atomic E-state index is -3.84. The van der Waals surface area contributed by atoms with Crippen molar-refractivity contribution in [3.05, 3.63) is 12.7 Å². The summed E-state index contributed by atoms with van der Waals surface area (Å²) in [6.07, 6.45) is 1.06. The van der Waals surface area contributed by atoms with Gasteiger partial charge in [-0.1, -0.05) is 6.58 Å². The average molecular weight is 232 g/mol. The Kier molecular flexibility index (Phi) is 10.4. The van der Waals surface area contributed by atoms with E-state index < -0.39 is 20.8 Å². The van der Waals surface area contributed by atoms with Gasteiger partial charge in [0, 0.05) is 29.6 Å². The molecule has 79 valence electrons. The maximum absolute atomic E-state index is 10.2. The molecule has 0 aromatic heterocycles.